The average molecular weight is 263 g/mol. The largest absolute Gasteiger partial charge is 0.478 e. The molecule has 102 valence electrons. The van der Waals surface area contributed by atoms with E-state index in [1.54, 1.807) is 10.7 Å². The molecule has 0 fully saturated rings. The molecule has 6 heteroatoms. The van der Waals surface area contributed by atoms with E-state index in [9.17, 15) is 4.79 Å². The summed E-state index contributed by atoms with van der Waals surface area (Å²) in [6.45, 7) is 4.18. The van der Waals surface area contributed by atoms with Crippen LogP contribution in [0.3, 0.4) is 0 Å². The van der Waals surface area contributed by atoms with E-state index in [1.165, 1.54) is 6.07 Å². The molecule has 19 heavy (non-hydrogen) atoms. The Bertz CT molecular complexity index is 565. The fraction of sp³-hybridized carbons (Fsp3) is 0.462. The summed E-state index contributed by atoms with van der Waals surface area (Å²) < 4.78 is 7.12. The number of hydrogen-bond acceptors (Lipinski definition) is 4. The molecule has 0 radical (unpaired) electrons. The first-order valence-corrected chi connectivity index (χ1v) is 6.37. The van der Waals surface area contributed by atoms with Crippen LogP contribution in [0.2, 0.25) is 0 Å². The van der Waals surface area contributed by atoms with E-state index < -0.39 is 5.97 Å². The van der Waals surface area contributed by atoms with E-state index in [1.807, 2.05) is 6.07 Å². The van der Waals surface area contributed by atoms with Crippen molar-refractivity contribution in [2.75, 3.05) is 13.2 Å². The van der Waals surface area contributed by atoms with Gasteiger partial charge in [0.05, 0.1) is 11.1 Å². The lowest BCUT2D eigenvalue weighted by Crippen LogP contribution is -2.05. The summed E-state index contributed by atoms with van der Waals surface area (Å²) in [7, 11) is 0. The third-order valence-electron chi connectivity index (χ3n) is 2.78. The Hall–Kier alpha value is -1.95. The molecule has 2 rings (SSSR count). The number of aromatic nitrogens is 3. The molecule has 1 aromatic heterocycles. The van der Waals surface area contributed by atoms with Gasteiger partial charge in [-0.3, -0.25) is 0 Å². The molecule has 0 aliphatic rings. The summed E-state index contributed by atoms with van der Waals surface area (Å²) >= 11 is 0. The van der Waals surface area contributed by atoms with E-state index in [0.717, 1.165) is 25.0 Å². The lowest BCUT2D eigenvalue weighted by Gasteiger charge is -2.03. The molecule has 2 aromatic rings. The van der Waals surface area contributed by atoms with Gasteiger partial charge in [-0.25, -0.2) is 9.48 Å². The number of aryl methyl sites for hydroxylation is 1. The Morgan fingerprint density at radius 1 is 1.42 bits per heavy atom. The maximum atomic E-state index is 11.1. The molecule has 0 unspecified atom stereocenters. The molecule has 1 heterocycles. The Labute approximate surface area is 111 Å². The molecule has 0 amide bonds. The van der Waals surface area contributed by atoms with E-state index in [2.05, 4.69) is 17.2 Å². The minimum absolute atomic E-state index is 0.186. The van der Waals surface area contributed by atoms with Crippen molar-refractivity contribution in [3.8, 4) is 0 Å². The number of fused-ring (bicyclic) bond motifs is 1. The van der Waals surface area contributed by atoms with Gasteiger partial charge in [-0.1, -0.05) is 18.2 Å². The number of carbonyl (C=O) groups is 1. The van der Waals surface area contributed by atoms with Gasteiger partial charge in [-0.05, 0) is 25.0 Å². The third-order valence-corrected chi connectivity index (χ3v) is 2.78. The van der Waals surface area contributed by atoms with E-state index in [-0.39, 0.29) is 5.56 Å². The van der Waals surface area contributed by atoms with E-state index in [0.29, 0.717) is 18.7 Å². The van der Waals surface area contributed by atoms with Crippen molar-refractivity contribution >= 4 is 17.0 Å². The molecule has 0 saturated carbocycles. The fourth-order valence-corrected chi connectivity index (χ4v) is 1.89. The predicted molar refractivity (Wildman–Crippen MR) is 70.2 cm³/mol. The molecule has 0 saturated heterocycles. The van der Waals surface area contributed by atoms with Crippen molar-refractivity contribution < 1.29 is 14.6 Å². The smallest absolute Gasteiger partial charge is 0.338 e. The third kappa shape index (κ3) is 3.08. The molecule has 1 aromatic carbocycles. The van der Waals surface area contributed by atoms with Crippen LogP contribution in [0.4, 0.5) is 0 Å². The zero-order valence-corrected chi connectivity index (χ0v) is 10.9. The van der Waals surface area contributed by atoms with Gasteiger partial charge < -0.3 is 9.84 Å². The summed E-state index contributed by atoms with van der Waals surface area (Å²) in [6, 6.07) is 5.07. The van der Waals surface area contributed by atoms with Gasteiger partial charge in [0.25, 0.3) is 0 Å². The summed E-state index contributed by atoms with van der Waals surface area (Å²) in [4.78, 5) is 11.1. The van der Waals surface area contributed by atoms with Gasteiger partial charge in [0.2, 0.25) is 0 Å². The maximum Gasteiger partial charge on any atom is 0.338 e. The molecule has 0 atom stereocenters. The van der Waals surface area contributed by atoms with Gasteiger partial charge in [0.1, 0.15) is 5.52 Å². The molecule has 0 bridgehead atoms. The van der Waals surface area contributed by atoms with Gasteiger partial charge in [-0.15, -0.1) is 5.10 Å². The summed E-state index contributed by atoms with van der Waals surface area (Å²) in [5.74, 6) is -0.982. The van der Waals surface area contributed by atoms with Gasteiger partial charge in [-0.2, -0.15) is 0 Å². The number of ether oxygens (including phenoxy) is 1. The molecule has 0 spiro atoms. The molecular weight excluding hydrogens is 246 g/mol. The van der Waals surface area contributed by atoms with E-state index >= 15 is 0 Å². The number of benzene rings is 1. The van der Waals surface area contributed by atoms with Crippen molar-refractivity contribution in [1.29, 1.82) is 0 Å². The van der Waals surface area contributed by atoms with Crippen molar-refractivity contribution in [3.05, 3.63) is 23.8 Å². The van der Waals surface area contributed by atoms with Crippen molar-refractivity contribution in [2.45, 2.75) is 26.3 Å². The fourth-order valence-electron chi connectivity index (χ4n) is 1.89. The summed E-state index contributed by atoms with van der Waals surface area (Å²) in [5.41, 5.74) is 1.37. The second kappa shape index (κ2) is 6.29. The van der Waals surface area contributed by atoms with Crippen LogP contribution in [0.5, 0.6) is 0 Å². The van der Waals surface area contributed by atoms with Crippen LogP contribution in [-0.4, -0.2) is 39.3 Å². The van der Waals surface area contributed by atoms with Crippen molar-refractivity contribution in [2.24, 2.45) is 0 Å². The molecule has 6 nitrogen and oxygen atoms in total. The highest BCUT2D eigenvalue weighted by Gasteiger charge is 2.13. The Balaban J connectivity index is 2.08. The van der Waals surface area contributed by atoms with Gasteiger partial charge in [0, 0.05) is 19.8 Å². The highest BCUT2D eigenvalue weighted by atomic mass is 16.5. The monoisotopic (exact) mass is 263 g/mol. The van der Waals surface area contributed by atoms with Crippen LogP contribution in [0.15, 0.2) is 18.2 Å². The molecule has 0 aliphatic carbocycles. The second-order valence-electron chi connectivity index (χ2n) is 4.26. The normalized spacial score (nSPS) is 11.0. The van der Waals surface area contributed by atoms with Crippen LogP contribution < -0.4 is 0 Å². The number of hydrogen-bond donors (Lipinski definition) is 1. The number of carboxylic acid groups (broad SMARTS) is 1. The van der Waals surface area contributed by atoms with Crippen molar-refractivity contribution in [3.63, 3.8) is 0 Å². The number of aromatic carboxylic acids is 1. The lowest BCUT2D eigenvalue weighted by atomic mass is 10.2. The van der Waals surface area contributed by atoms with Crippen LogP contribution >= 0.6 is 0 Å². The number of rotatable bonds is 7. The molecule has 0 aliphatic heterocycles. The van der Waals surface area contributed by atoms with Crippen LogP contribution in [0, 0.1) is 0 Å². The summed E-state index contributed by atoms with van der Waals surface area (Å²) in [6.07, 6.45) is 1.84. The van der Waals surface area contributed by atoms with E-state index in [4.69, 9.17) is 9.84 Å². The Kier molecular flexibility index (Phi) is 4.46. The Morgan fingerprint density at radius 2 is 2.26 bits per heavy atom. The average Bonchev–Trinajstić information content (AvgIpc) is 2.81. The van der Waals surface area contributed by atoms with Crippen molar-refractivity contribution in [1.82, 2.24) is 15.0 Å². The van der Waals surface area contributed by atoms with Crippen LogP contribution in [-0.2, 0) is 11.3 Å². The Morgan fingerprint density at radius 3 is 3.00 bits per heavy atom. The quantitative estimate of drug-likeness (QED) is 0.772. The summed E-state index contributed by atoms with van der Waals surface area (Å²) in [5, 5.41) is 17.0. The minimum atomic E-state index is -0.982. The van der Waals surface area contributed by atoms with Crippen LogP contribution in [0.1, 0.15) is 30.1 Å². The SMILES string of the molecule is CCCOCCCn1nnc2c(C(=O)O)cccc21. The first-order valence-electron chi connectivity index (χ1n) is 6.37. The standard InChI is InChI=1S/C13H17N3O3/c1-2-8-19-9-4-7-16-11-6-3-5-10(13(17)18)12(11)14-15-16/h3,5-6H,2,4,7-9H2,1H3,(H,17,18). The zero-order valence-electron chi connectivity index (χ0n) is 10.9. The molecule has 1 N–H and O–H groups in total. The highest BCUT2D eigenvalue weighted by molar-refractivity contribution is 6.00. The number of carboxylic acids is 1. The first kappa shape index (κ1) is 13.5. The van der Waals surface area contributed by atoms with Crippen LogP contribution in [0.25, 0.3) is 11.0 Å². The minimum Gasteiger partial charge on any atom is -0.478 e. The number of nitrogens with zero attached hydrogens (tertiary/aromatic N) is 3. The molecular formula is C13H17N3O3. The lowest BCUT2D eigenvalue weighted by molar-refractivity contribution is 0.0699. The van der Waals surface area contributed by atoms with Gasteiger partial charge in [0.15, 0.2) is 0 Å². The second-order valence-corrected chi connectivity index (χ2v) is 4.26. The maximum absolute atomic E-state index is 11.1. The zero-order chi connectivity index (χ0) is 13.7. The predicted octanol–water partition coefficient (Wildman–Crippen LogP) is 1.95. The topological polar surface area (TPSA) is 77.2 Å². The van der Waals surface area contributed by atoms with Gasteiger partial charge >= 0.3 is 5.97 Å². The first-order chi connectivity index (χ1) is 9.24. The highest BCUT2D eigenvalue weighted by Crippen LogP contribution is 2.16.